The second-order valence-corrected chi connectivity index (χ2v) is 8.04. The molecule has 2 rings (SSSR count). The van der Waals surface area contributed by atoms with Gasteiger partial charge in [0, 0.05) is 18.2 Å². The number of aliphatic hydroxyl groups excluding tert-OH is 1. The van der Waals surface area contributed by atoms with Crippen molar-refractivity contribution in [1.29, 1.82) is 0 Å². The van der Waals surface area contributed by atoms with Gasteiger partial charge in [0.25, 0.3) is 15.9 Å². The van der Waals surface area contributed by atoms with E-state index in [1.807, 2.05) is 6.92 Å². The number of aryl methyl sites for hydroxylation is 1. The second-order valence-electron chi connectivity index (χ2n) is 5.54. The van der Waals surface area contributed by atoms with Gasteiger partial charge < -0.3 is 10.4 Å². The molecule has 0 aromatic heterocycles. The third-order valence-electron chi connectivity index (χ3n) is 3.54. The average Bonchev–Trinajstić information content (AvgIpc) is 2.58. The maximum atomic E-state index is 12.6. The molecule has 2 aromatic rings. The molecule has 140 valence electrons. The summed E-state index contributed by atoms with van der Waals surface area (Å²) in [6, 6.07) is 8.66. The van der Waals surface area contributed by atoms with Crippen molar-refractivity contribution >= 4 is 44.8 Å². The SMILES string of the molecule is Cc1ccc(NS(=O)(=O)c2ccc(Cl)c(C(=O)NCCCO)c2)cc1Cl. The highest BCUT2D eigenvalue weighted by Crippen LogP contribution is 2.25. The lowest BCUT2D eigenvalue weighted by Crippen LogP contribution is -2.25. The first kappa shape index (κ1) is 20.5. The molecule has 3 N–H and O–H groups in total. The predicted octanol–water partition coefficient (Wildman–Crippen LogP) is 3.21. The van der Waals surface area contributed by atoms with Crippen LogP contribution in [0.1, 0.15) is 22.3 Å². The lowest BCUT2D eigenvalue weighted by molar-refractivity contribution is 0.0951. The number of benzene rings is 2. The normalized spacial score (nSPS) is 11.2. The average molecular weight is 417 g/mol. The van der Waals surface area contributed by atoms with Gasteiger partial charge in [-0.25, -0.2) is 8.42 Å². The van der Waals surface area contributed by atoms with Crippen LogP contribution in [0.15, 0.2) is 41.3 Å². The molecule has 0 spiro atoms. The van der Waals surface area contributed by atoms with Crippen LogP contribution in [0.3, 0.4) is 0 Å². The first-order chi connectivity index (χ1) is 12.2. The lowest BCUT2D eigenvalue weighted by Gasteiger charge is -2.11. The molecule has 0 aliphatic heterocycles. The first-order valence-corrected chi connectivity index (χ1v) is 9.96. The Morgan fingerprint density at radius 1 is 1.12 bits per heavy atom. The standard InChI is InChI=1S/C17H18Cl2N2O4S/c1-11-3-4-12(9-16(11)19)21-26(24,25)13-5-6-15(18)14(10-13)17(23)20-7-2-8-22/h3-6,9-10,21-22H,2,7-8H2,1H3,(H,20,23). The van der Waals surface area contributed by atoms with E-state index in [0.717, 1.165) is 5.56 Å². The van der Waals surface area contributed by atoms with Crippen molar-refractivity contribution in [2.75, 3.05) is 17.9 Å². The van der Waals surface area contributed by atoms with Gasteiger partial charge >= 0.3 is 0 Å². The molecule has 0 aliphatic rings. The number of amides is 1. The van der Waals surface area contributed by atoms with E-state index in [-0.39, 0.29) is 28.6 Å². The zero-order chi connectivity index (χ0) is 19.3. The molecule has 0 atom stereocenters. The van der Waals surface area contributed by atoms with Gasteiger partial charge in [0.1, 0.15) is 0 Å². The Hall–Kier alpha value is -1.80. The van der Waals surface area contributed by atoms with Gasteiger partial charge in [0.15, 0.2) is 0 Å². The van der Waals surface area contributed by atoms with Crippen LogP contribution >= 0.6 is 23.2 Å². The Morgan fingerprint density at radius 2 is 1.85 bits per heavy atom. The minimum atomic E-state index is -3.93. The third-order valence-corrected chi connectivity index (χ3v) is 5.65. The molecule has 0 radical (unpaired) electrons. The van der Waals surface area contributed by atoms with E-state index in [9.17, 15) is 13.2 Å². The largest absolute Gasteiger partial charge is 0.396 e. The van der Waals surface area contributed by atoms with Crippen LogP contribution in [0, 0.1) is 6.92 Å². The van der Waals surface area contributed by atoms with Crippen LogP contribution in [0.5, 0.6) is 0 Å². The summed E-state index contributed by atoms with van der Waals surface area (Å²) in [6.07, 6.45) is 0.386. The molecule has 26 heavy (non-hydrogen) atoms. The van der Waals surface area contributed by atoms with Crippen LogP contribution in [0.4, 0.5) is 5.69 Å². The van der Waals surface area contributed by atoms with E-state index >= 15 is 0 Å². The number of hydrogen-bond donors (Lipinski definition) is 3. The Labute approximate surface area is 162 Å². The quantitative estimate of drug-likeness (QED) is 0.603. The summed E-state index contributed by atoms with van der Waals surface area (Å²) in [6.45, 7) is 2.00. The first-order valence-electron chi connectivity index (χ1n) is 7.72. The van der Waals surface area contributed by atoms with Gasteiger partial charge in [0.2, 0.25) is 0 Å². The molecule has 1 amide bonds. The molecule has 2 aromatic carbocycles. The van der Waals surface area contributed by atoms with Gasteiger partial charge in [-0.05, 0) is 49.2 Å². The van der Waals surface area contributed by atoms with Crippen LogP contribution in [-0.4, -0.2) is 32.6 Å². The minimum Gasteiger partial charge on any atom is -0.396 e. The highest BCUT2D eigenvalue weighted by molar-refractivity contribution is 7.92. The van der Waals surface area contributed by atoms with Crippen LogP contribution in [0.25, 0.3) is 0 Å². The van der Waals surface area contributed by atoms with E-state index in [2.05, 4.69) is 10.0 Å². The molecular formula is C17H18Cl2N2O4S. The maximum Gasteiger partial charge on any atom is 0.261 e. The van der Waals surface area contributed by atoms with Crippen molar-refractivity contribution < 1.29 is 18.3 Å². The van der Waals surface area contributed by atoms with Crippen molar-refractivity contribution in [3.05, 3.63) is 57.6 Å². The number of hydrogen-bond acceptors (Lipinski definition) is 4. The van der Waals surface area contributed by atoms with Crippen LogP contribution in [-0.2, 0) is 10.0 Å². The van der Waals surface area contributed by atoms with Crippen molar-refractivity contribution in [1.82, 2.24) is 5.32 Å². The molecule has 0 aliphatic carbocycles. The Kier molecular flexibility index (Phi) is 6.88. The lowest BCUT2D eigenvalue weighted by atomic mass is 10.2. The Bertz CT molecular complexity index is 917. The number of aliphatic hydroxyl groups is 1. The molecular weight excluding hydrogens is 399 g/mol. The minimum absolute atomic E-state index is 0.0365. The number of carbonyl (C=O) groups excluding carboxylic acids is 1. The zero-order valence-corrected chi connectivity index (χ0v) is 16.2. The Balaban J connectivity index is 2.27. The van der Waals surface area contributed by atoms with E-state index in [1.165, 1.54) is 24.3 Å². The second kappa shape index (κ2) is 8.73. The number of anilines is 1. The molecule has 0 fully saturated rings. The summed E-state index contributed by atoms with van der Waals surface area (Å²) in [7, 11) is -3.93. The van der Waals surface area contributed by atoms with E-state index in [1.54, 1.807) is 12.1 Å². The summed E-state index contributed by atoms with van der Waals surface area (Å²) >= 11 is 12.0. The van der Waals surface area contributed by atoms with Gasteiger partial charge in [-0.15, -0.1) is 0 Å². The highest BCUT2D eigenvalue weighted by Gasteiger charge is 2.19. The summed E-state index contributed by atoms with van der Waals surface area (Å²) in [5.74, 6) is -0.515. The number of nitrogens with one attached hydrogen (secondary N) is 2. The maximum absolute atomic E-state index is 12.6. The van der Waals surface area contributed by atoms with Crippen LogP contribution in [0.2, 0.25) is 10.0 Å². The topological polar surface area (TPSA) is 95.5 Å². The molecule has 0 heterocycles. The summed E-state index contributed by atoms with van der Waals surface area (Å²) in [4.78, 5) is 12.0. The van der Waals surface area contributed by atoms with E-state index in [4.69, 9.17) is 28.3 Å². The summed E-state index contributed by atoms with van der Waals surface area (Å²) in [5, 5.41) is 11.9. The fourth-order valence-electron chi connectivity index (χ4n) is 2.09. The van der Waals surface area contributed by atoms with Gasteiger partial charge in [-0.1, -0.05) is 29.3 Å². The molecule has 9 heteroatoms. The number of rotatable bonds is 7. The van der Waals surface area contributed by atoms with Crippen molar-refractivity contribution in [3.63, 3.8) is 0 Å². The van der Waals surface area contributed by atoms with Crippen molar-refractivity contribution in [2.24, 2.45) is 0 Å². The van der Waals surface area contributed by atoms with E-state index in [0.29, 0.717) is 17.1 Å². The number of halogens is 2. The highest BCUT2D eigenvalue weighted by atomic mass is 35.5. The summed E-state index contributed by atoms with van der Waals surface area (Å²) < 4.78 is 27.6. The molecule has 6 nitrogen and oxygen atoms in total. The van der Waals surface area contributed by atoms with Gasteiger partial charge in [-0.2, -0.15) is 0 Å². The number of carbonyl (C=O) groups is 1. The summed E-state index contributed by atoms with van der Waals surface area (Å²) in [5.41, 5.74) is 1.17. The number of sulfonamides is 1. The van der Waals surface area contributed by atoms with Gasteiger partial charge in [0.05, 0.1) is 21.2 Å². The fraction of sp³-hybridized carbons (Fsp3) is 0.235. The smallest absolute Gasteiger partial charge is 0.261 e. The van der Waals surface area contributed by atoms with E-state index < -0.39 is 15.9 Å². The molecule has 0 saturated heterocycles. The Morgan fingerprint density at radius 3 is 2.50 bits per heavy atom. The monoisotopic (exact) mass is 416 g/mol. The van der Waals surface area contributed by atoms with Crippen molar-refractivity contribution in [3.8, 4) is 0 Å². The fourth-order valence-corrected chi connectivity index (χ4v) is 3.55. The molecule has 0 saturated carbocycles. The molecule has 0 unspecified atom stereocenters. The third kappa shape index (κ3) is 5.11. The predicted molar refractivity (Wildman–Crippen MR) is 102 cm³/mol. The van der Waals surface area contributed by atoms with Crippen molar-refractivity contribution in [2.45, 2.75) is 18.2 Å². The van der Waals surface area contributed by atoms with Gasteiger partial charge in [-0.3, -0.25) is 9.52 Å². The molecule has 0 bridgehead atoms. The zero-order valence-electron chi connectivity index (χ0n) is 13.9. The van der Waals surface area contributed by atoms with Crippen LogP contribution < -0.4 is 10.0 Å².